The lowest BCUT2D eigenvalue weighted by atomic mass is 9.80. The first-order valence-corrected chi connectivity index (χ1v) is 14.8. The monoisotopic (exact) mass is 548 g/mol. The van der Waals surface area contributed by atoms with Gasteiger partial charge in [-0.05, 0) is 56.4 Å². The van der Waals surface area contributed by atoms with Crippen molar-refractivity contribution in [3.8, 4) is 0 Å². The van der Waals surface area contributed by atoms with E-state index in [1.165, 1.54) is 34.8 Å². The number of aromatic carboxylic acids is 1. The van der Waals surface area contributed by atoms with Gasteiger partial charge in [0, 0.05) is 56.3 Å². The molecular formula is C25H36N6O6S. The molecule has 0 aromatic heterocycles. The number of nitrogens with two attached hydrogens (primary N) is 1. The standard InChI is InChI=1S/C25H36N6O6S/c1-38(36,37)30-12-10-29(11-13-30)20-14-21(23(32)28-19-8-6-18(7-9-19)25(34)35)31(15-20)24(33)17-4-2-16(3-5-17)22(26)27/h6-9,16-17,20-21H,2-5,10-15H2,1H3,(H3,26,27)(H,28,32)(H,34,35). The molecule has 1 aromatic carbocycles. The molecule has 208 valence electrons. The number of carbonyl (C=O) groups is 3. The molecule has 13 heteroatoms. The van der Waals surface area contributed by atoms with Gasteiger partial charge in [0.1, 0.15) is 6.04 Å². The number of benzene rings is 1. The number of likely N-dealkylation sites (tertiary alicyclic amines) is 1. The average Bonchev–Trinajstić information content (AvgIpc) is 3.34. The Morgan fingerprint density at radius 1 is 1.00 bits per heavy atom. The second-order valence-corrected chi connectivity index (χ2v) is 12.5. The number of amides is 2. The van der Waals surface area contributed by atoms with Crippen molar-refractivity contribution >= 4 is 39.3 Å². The Morgan fingerprint density at radius 2 is 1.58 bits per heavy atom. The van der Waals surface area contributed by atoms with Crippen LogP contribution in [0.1, 0.15) is 42.5 Å². The molecule has 0 radical (unpaired) electrons. The van der Waals surface area contributed by atoms with Crippen molar-refractivity contribution in [2.75, 3.05) is 44.3 Å². The van der Waals surface area contributed by atoms with Crippen molar-refractivity contribution in [2.45, 2.75) is 44.2 Å². The van der Waals surface area contributed by atoms with Crippen molar-refractivity contribution in [2.24, 2.45) is 17.6 Å². The Bertz CT molecular complexity index is 1170. The van der Waals surface area contributed by atoms with Crippen LogP contribution in [0.4, 0.5) is 5.69 Å². The van der Waals surface area contributed by atoms with Gasteiger partial charge in [-0.3, -0.25) is 19.9 Å². The van der Waals surface area contributed by atoms with E-state index in [1.54, 1.807) is 4.90 Å². The second kappa shape index (κ2) is 11.4. The molecule has 5 N–H and O–H groups in total. The van der Waals surface area contributed by atoms with Gasteiger partial charge in [-0.15, -0.1) is 0 Å². The number of sulfonamides is 1. The number of piperazine rings is 1. The van der Waals surface area contributed by atoms with E-state index < -0.39 is 22.0 Å². The minimum absolute atomic E-state index is 0.00983. The van der Waals surface area contributed by atoms with Crippen LogP contribution in [0, 0.1) is 17.2 Å². The zero-order valence-corrected chi connectivity index (χ0v) is 22.3. The predicted molar refractivity (Wildman–Crippen MR) is 141 cm³/mol. The SMILES string of the molecule is CS(=O)(=O)N1CCN(C2CC(C(=O)Nc3ccc(C(=O)O)cc3)N(C(=O)C3CCC(C(=N)N)CC3)C2)CC1. The van der Waals surface area contributed by atoms with E-state index >= 15 is 0 Å². The highest BCUT2D eigenvalue weighted by atomic mass is 32.2. The van der Waals surface area contributed by atoms with E-state index in [-0.39, 0.29) is 41.1 Å². The summed E-state index contributed by atoms with van der Waals surface area (Å²) in [6.45, 7) is 2.15. The van der Waals surface area contributed by atoms with Crippen LogP contribution in [0.2, 0.25) is 0 Å². The maximum absolute atomic E-state index is 13.7. The van der Waals surface area contributed by atoms with Crippen LogP contribution in [-0.4, -0.2) is 102 Å². The minimum Gasteiger partial charge on any atom is -0.478 e. The van der Waals surface area contributed by atoms with Gasteiger partial charge < -0.3 is 21.1 Å². The van der Waals surface area contributed by atoms with E-state index in [0.717, 1.165) is 0 Å². The summed E-state index contributed by atoms with van der Waals surface area (Å²) in [6, 6.07) is 5.07. The molecule has 4 rings (SSSR count). The molecule has 2 unspecified atom stereocenters. The molecule has 3 aliphatic rings. The first-order chi connectivity index (χ1) is 17.9. The third kappa shape index (κ3) is 6.33. The first-order valence-electron chi connectivity index (χ1n) is 12.9. The zero-order chi connectivity index (χ0) is 27.6. The Hall–Kier alpha value is -3.03. The van der Waals surface area contributed by atoms with Crippen LogP contribution >= 0.6 is 0 Å². The van der Waals surface area contributed by atoms with E-state index in [2.05, 4.69) is 10.2 Å². The van der Waals surface area contributed by atoms with Crippen molar-refractivity contribution in [1.29, 1.82) is 5.41 Å². The Labute approximate surface area is 222 Å². The molecule has 1 aromatic rings. The van der Waals surface area contributed by atoms with E-state index in [9.17, 15) is 22.8 Å². The average molecular weight is 549 g/mol. The third-order valence-electron chi connectivity index (χ3n) is 8.04. The van der Waals surface area contributed by atoms with Crippen LogP contribution in [0.15, 0.2) is 24.3 Å². The summed E-state index contributed by atoms with van der Waals surface area (Å²) < 4.78 is 25.3. The number of carboxylic acid groups (broad SMARTS) is 1. The lowest BCUT2D eigenvalue weighted by Crippen LogP contribution is -2.52. The number of carboxylic acids is 1. The molecule has 0 bridgehead atoms. The summed E-state index contributed by atoms with van der Waals surface area (Å²) >= 11 is 0. The van der Waals surface area contributed by atoms with Gasteiger partial charge in [0.25, 0.3) is 0 Å². The van der Waals surface area contributed by atoms with Crippen molar-refractivity contribution in [3.63, 3.8) is 0 Å². The molecule has 2 saturated heterocycles. The molecule has 2 heterocycles. The fourth-order valence-corrected chi connectivity index (χ4v) is 6.60. The van der Waals surface area contributed by atoms with Gasteiger partial charge in [-0.25, -0.2) is 13.2 Å². The van der Waals surface area contributed by atoms with E-state index in [0.29, 0.717) is 70.5 Å². The molecule has 3 fully saturated rings. The van der Waals surface area contributed by atoms with Gasteiger partial charge >= 0.3 is 5.97 Å². The van der Waals surface area contributed by atoms with Gasteiger partial charge in [-0.2, -0.15) is 4.31 Å². The first kappa shape index (κ1) is 28.0. The third-order valence-corrected chi connectivity index (χ3v) is 9.34. The van der Waals surface area contributed by atoms with E-state index in [1.807, 2.05) is 0 Å². The van der Waals surface area contributed by atoms with Gasteiger partial charge in [0.15, 0.2) is 0 Å². The van der Waals surface area contributed by atoms with Crippen LogP contribution in [0.3, 0.4) is 0 Å². The molecule has 2 amide bonds. The number of hydrogen-bond donors (Lipinski definition) is 4. The molecule has 0 spiro atoms. The van der Waals surface area contributed by atoms with Crippen LogP contribution in [-0.2, 0) is 19.6 Å². The molecule has 2 aliphatic heterocycles. The summed E-state index contributed by atoms with van der Waals surface area (Å²) in [5.41, 5.74) is 6.22. The zero-order valence-electron chi connectivity index (χ0n) is 21.5. The topological polar surface area (TPSA) is 177 Å². The number of amidine groups is 1. The fourth-order valence-electron chi connectivity index (χ4n) is 5.78. The quantitative estimate of drug-likeness (QED) is 0.283. The maximum atomic E-state index is 13.7. The lowest BCUT2D eigenvalue weighted by Gasteiger charge is -2.37. The van der Waals surface area contributed by atoms with Crippen molar-refractivity contribution in [1.82, 2.24) is 14.1 Å². The number of anilines is 1. The summed E-state index contributed by atoms with van der Waals surface area (Å²) in [7, 11) is -3.27. The van der Waals surface area contributed by atoms with Crippen LogP contribution in [0.5, 0.6) is 0 Å². The second-order valence-electron chi connectivity index (χ2n) is 10.5. The van der Waals surface area contributed by atoms with Crippen LogP contribution in [0.25, 0.3) is 0 Å². The van der Waals surface area contributed by atoms with Gasteiger partial charge in [0.05, 0.1) is 17.7 Å². The van der Waals surface area contributed by atoms with Gasteiger partial charge in [-0.1, -0.05) is 0 Å². The van der Waals surface area contributed by atoms with Crippen molar-refractivity contribution < 1.29 is 27.9 Å². The number of rotatable bonds is 7. The molecule has 1 saturated carbocycles. The number of nitrogens with one attached hydrogen (secondary N) is 2. The van der Waals surface area contributed by atoms with Crippen LogP contribution < -0.4 is 11.1 Å². The summed E-state index contributed by atoms with van der Waals surface area (Å²) in [5.74, 6) is -1.58. The molecule has 12 nitrogen and oxygen atoms in total. The highest BCUT2D eigenvalue weighted by Gasteiger charge is 2.44. The van der Waals surface area contributed by atoms with Gasteiger partial charge in [0.2, 0.25) is 21.8 Å². The minimum atomic E-state index is -3.27. The predicted octanol–water partition coefficient (Wildman–Crippen LogP) is 0.612. The molecule has 38 heavy (non-hydrogen) atoms. The molecule has 2 atom stereocenters. The highest BCUT2D eigenvalue weighted by Crippen LogP contribution is 2.33. The largest absolute Gasteiger partial charge is 0.478 e. The summed E-state index contributed by atoms with van der Waals surface area (Å²) in [4.78, 5) is 42.0. The lowest BCUT2D eigenvalue weighted by molar-refractivity contribution is -0.141. The normalized spacial score (nSPS) is 27.1. The van der Waals surface area contributed by atoms with Crippen molar-refractivity contribution in [3.05, 3.63) is 29.8 Å². The summed E-state index contributed by atoms with van der Waals surface area (Å²) in [5, 5.41) is 19.7. The smallest absolute Gasteiger partial charge is 0.335 e. The number of hydrogen-bond acceptors (Lipinski definition) is 7. The number of carbonyl (C=O) groups excluding carboxylic acids is 2. The molecular weight excluding hydrogens is 512 g/mol. The highest BCUT2D eigenvalue weighted by molar-refractivity contribution is 7.88. The Kier molecular flexibility index (Phi) is 8.38. The number of nitrogens with zero attached hydrogens (tertiary/aromatic N) is 3. The van der Waals surface area contributed by atoms with E-state index in [4.69, 9.17) is 16.2 Å². The Morgan fingerprint density at radius 3 is 2.11 bits per heavy atom. The molecule has 1 aliphatic carbocycles. The summed E-state index contributed by atoms with van der Waals surface area (Å²) in [6.07, 6.45) is 4.19. The Balaban J connectivity index is 1.48. The fraction of sp³-hybridized carbons (Fsp3) is 0.600. The maximum Gasteiger partial charge on any atom is 0.335 e.